The van der Waals surface area contributed by atoms with Gasteiger partial charge in [0.25, 0.3) is 5.91 Å². The van der Waals surface area contributed by atoms with E-state index in [9.17, 15) is 13.6 Å². The molecule has 1 amide bonds. The average molecular weight is 429 g/mol. The first-order valence-corrected chi connectivity index (χ1v) is 10.5. The number of thiazole rings is 1. The summed E-state index contributed by atoms with van der Waals surface area (Å²) in [6.07, 6.45) is 6.02. The van der Waals surface area contributed by atoms with E-state index in [0.29, 0.717) is 17.8 Å². The maximum absolute atomic E-state index is 13.9. The molecule has 2 unspecified atom stereocenters. The number of aromatic nitrogens is 3. The highest BCUT2D eigenvalue weighted by atomic mass is 32.1. The summed E-state index contributed by atoms with van der Waals surface area (Å²) in [5, 5.41) is 2.97. The Bertz CT molecular complexity index is 1030. The second-order valence-corrected chi connectivity index (χ2v) is 8.29. The second-order valence-electron chi connectivity index (χ2n) is 7.42. The zero-order chi connectivity index (χ0) is 21.3. The first-order valence-electron chi connectivity index (χ1n) is 9.63. The number of benzene rings is 1. The largest absolute Gasteiger partial charge is 0.347 e. The van der Waals surface area contributed by atoms with Gasteiger partial charge in [-0.05, 0) is 24.5 Å². The molecule has 2 aromatic heterocycles. The number of carbonyl (C=O) groups excluding carboxylic acids is 1. The Morgan fingerprint density at radius 3 is 2.73 bits per heavy atom. The third-order valence-electron chi connectivity index (χ3n) is 5.50. The summed E-state index contributed by atoms with van der Waals surface area (Å²) in [5.74, 6) is -1.32. The molecule has 3 aromatic rings. The molecule has 9 heteroatoms. The molecule has 1 aromatic carbocycles. The summed E-state index contributed by atoms with van der Waals surface area (Å²) >= 11 is 1.62. The van der Waals surface area contributed by atoms with E-state index in [1.807, 2.05) is 5.38 Å². The molecular formula is C21H21F2N5OS. The van der Waals surface area contributed by atoms with Crippen LogP contribution in [-0.4, -0.2) is 41.0 Å². The van der Waals surface area contributed by atoms with Crippen molar-refractivity contribution in [2.45, 2.75) is 19.3 Å². The smallest absolute Gasteiger partial charge is 0.262 e. The Kier molecular flexibility index (Phi) is 5.72. The monoisotopic (exact) mass is 429 g/mol. The second kappa shape index (κ2) is 8.43. The molecule has 0 radical (unpaired) electrons. The van der Waals surface area contributed by atoms with Crippen molar-refractivity contribution in [3.05, 3.63) is 65.1 Å². The number of halogens is 2. The molecule has 0 spiro atoms. The van der Waals surface area contributed by atoms with Crippen LogP contribution in [0.25, 0.3) is 0 Å². The van der Waals surface area contributed by atoms with Gasteiger partial charge in [-0.15, -0.1) is 11.3 Å². The normalized spacial score (nSPS) is 19.0. The zero-order valence-corrected chi connectivity index (χ0v) is 17.4. The fourth-order valence-corrected chi connectivity index (χ4v) is 4.32. The number of piperidine rings is 1. The van der Waals surface area contributed by atoms with E-state index in [2.05, 4.69) is 26.8 Å². The molecule has 0 N–H and O–H groups in total. The molecule has 1 aliphatic rings. The van der Waals surface area contributed by atoms with E-state index in [1.165, 1.54) is 18.1 Å². The van der Waals surface area contributed by atoms with E-state index >= 15 is 0 Å². The van der Waals surface area contributed by atoms with Gasteiger partial charge < -0.3 is 4.90 Å². The Hall–Kier alpha value is -2.94. The Balaban J connectivity index is 1.51. The maximum Gasteiger partial charge on any atom is 0.262 e. The number of anilines is 2. The summed E-state index contributed by atoms with van der Waals surface area (Å²) in [6, 6.07) is 2.87. The summed E-state index contributed by atoms with van der Waals surface area (Å²) in [5.41, 5.74) is 0.631. The van der Waals surface area contributed by atoms with E-state index in [-0.39, 0.29) is 11.5 Å². The quantitative estimate of drug-likeness (QED) is 0.624. The highest BCUT2D eigenvalue weighted by Crippen LogP contribution is 2.34. The van der Waals surface area contributed by atoms with Gasteiger partial charge in [-0.25, -0.2) is 18.7 Å². The fraction of sp³-hybridized carbons (Fsp3) is 0.333. The molecule has 0 aliphatic carbocycles. The number of hydrogen-bond acceptors (Lipinski definition) is 6. The first-order chi connectivity index (χ1) is 14.4. The van der Waals surface area contributed by atoms with Crippen LogP contribution < -0.4 is 9.80 Å². The van der Waals surface area contributed by atoms with Crippen LogP contribution in [-0.2, 0) is 0 Å². The molecule has 0 saturated carbocycles. The highest BCUT2D eigenvalue weighted by molar-refractivity contribution is 7.13. The molecule has 0 bridgehead atoms. The predicted octanol–water partition coefficient (Wildman–Crippen LogP) is 4.12. The van der Waals surface area contributed by atoms with Crippen LogP contribution in [0.2, 0.25) is 0 Å². The number of rotatable bonds is 4. The molecule has 1 aliphatic heterocycles. The van der Waals surface area contributed by atoms with Crippen molar-refractivity contribution in [1.82, 2.24) is 15.0 Å². The van der Waals surface area contributed by atoms with Gasteiger partial charge in [-0.1, -0.05) is 6.92 Å². The Morgan fingerprint density at radius 2 is 2.07 bits per heavy atom. The third kappa shape index (κ3) is 4.02. The lowest BCUT2D eigenvalue weighted by Gasteiger charge is -2.36. The van der Waals surface area contributed by atoms with E-state index in [1.54, 1.807) is 23.7 Å². The minimum Gasteiger partial charge on any atom is -0.347 e. The third-order valence-corrected chi connectivity index (χ3v) is 6.33. The van der Waals surface area contributed by atoms with Crippen molar-refractivity contribution in [2.24, 2.45) is 5.92 Å². The number of amides is 1. The molecule has 3 heterocycles. The summed E-state index contributed by atoms with van der Waals surface area (Å²) in [4.78, 5) is 29.4. The molecule has 1 fully saturated rings. The van der Waals surface area contributed by atoms with Gasteiger partial charge in [0.1, 0.15) is 11.6 Å². The topological polar surface area (TPSA) is 62.2 Å². The van der Waals surface area contributed by atoms with Crippen molar-refractivity contribution in [3.63, 3.8) is 0 Å². The maximum atomic E-state index is 13.9. The molecule has 6 nitrogen and oxygen atoms in total. The molecule has 1 saturated heterocycles. The van der Waals surface area contributed by atoms with Crippen molar-refractivity contribution >= 4 is 28.2 Å². The molecule has 30 heavy (non-hydrogen) atoms. The lowest BCUT2D eigenvalue weighted by atomic mass is 9.85. The summed E-state index contributed by atoms with van der Waals surface area (Å²) in [6.45, 7) is 3.96. The van der Waals surface area contributed by atoms with Crippen LogP contribution in [0.5, 0.6) is 0 Å². The van der Waals surface area contributed by atoms with Crippen LogP contribution in [0.4, 0.5) is 19.7 Å². The highest BCUT2D eigenvalue weighted by Gasteiger charge is 2.30. The number of nitrogens with zero attached hydrogens (tertiary/aromatic N) is 5. The summed E-state index contributed by atoms with van der Waals surface area (Å²) < 4.78 is 27.1. The lowest BCUT2D eigenvalue weighted by molar-refractivity contribution is 0.0988. The SMILES string of the molecule is CC1CCN(c2nccs2)CC1c1cnc(N(C)C(=O)c2ccc(F)cc2F)cn1. The van der Waals surface area contributed by atoms with Crippen LogP contribution >= 0.6 is 11.3 Å². The van der Waals surface area contributed by atoms with Gasteiger partial charge in [-0.2, -0.15) is 0 Å². The van der Waals surface area contributed by atoms with Crippen LogP contribution in [0.1, 0.15) is 35.3 Å². The Labute approximate surface area is 177 Å². The van der Waals surface area contributed by atoms with E-state index in [4.69, 9.17) is 0 Å². The standard InChI is InChI=1S/C21H21F2N5OS/c1-13-5-7-28(21-24-6-8-30-21)12-16(13)18-10-26-19(11-25-18)27(2)20(29)15-4-3-14(22)9-17(15)23/h3-4,6,8-11,13,16H,5,7,12H2,1-2H3. The summed E-state index contributed by atoms with van der Waals surface area (Å²) in [7, 11) is 1.49. The van der Waals surface area contributed by atoms with E-state index in [0.717, 1.165) is 42.5 Å². The predicted molar refractivity (Wildman–Crippen MR) is 112 cm³/mol. The molecular weight excluding hydrogens is 408 g/mol. The molecule has 156 valence electrons. The number of hydrogen-bond donors (Lipinski definition) is 0. The van der Waals surface area contributed by atoms with Crippen LogP contribution in [0.3, 0.4) is 0 Å². The van der Waals surface area contributed by atoms with Crippen LogP contribution in [0.15, 0.2) is 42.2 Å². The lowest BCUT2D eigenvalue weighted by Crippen LogP contribution is -2.38. The number of carbonyl (C=O) groups is 1. The zero-order valence-electron chi connectivity index (χ0n) is 16.6. The van der Waals surface area contributed by atoms with Gasteiger partial charge in [0.2, 0.25) is 0 Å². The fourth-order valence-electron chi connectivity index (χ4n) is 3.64. The minimum atomic E-state index is -0.908. The van der Waals surface area contributed by atoms with Gasteiger partial charge in [0.15, 0.2) is 10.9 Å². The molecule has 2 atom stereocenters. The van der Waals surface area contributed by atoms with Gasteiger partial charge in [-0.3, -0.25) is 14.7 Å². The van der Waals surface area contributed by atoms with Crippen molar-refractivity contribution < 1.29 is 13.6 Å². The van der Waals surface area contributed by atoms with Gasteiger partial charge in [0.05, 0.1) is 23.7 Å². The van der Waals surface area contributed by atoms with Gasteiger partial charge in [0, 0.05) is 43.7 Å². The van der Waals surface area contributed by atoms with Crippen LogP contribution in [0, 0.1) is 17.6 Å². The Morgan fingerprint density at radius 1 is 1.23 bits per heavy atom. The van der Waals surface area contributed by atoms with Crippen molar-refractivity contribution in [3.8, 4) is 0 Å². The van der Waals surface area contributed by atoms with Gasteiger partial charge >= 0.3 is 0 Å². The molecule has 4 rings (SSSR count). The first kappa shape index (κ1) is 20.3. The van der Waals surface area contributed by atoms with E-state index < -0.39 is 17.5 Å². The van der Waals surface area contributed by atoms with Crippen molar-refractivity contribution in [1.29, 1.82) is 0 Å². The average Bonchev–Trinajstić information content (AvgIpc) is 3.28. The van der Waals surface area contributed by atoms with Crippen molar-refractivity contribution in [2.75, 3.05) is 29.9 Å². The minimum absolute atomic E-state index is 0.194.